The second-order valence-corrected chi connectivity index (χ2v) is 1.43. The standard InChI is InChI=1S/C4H6N2O4/c5-3(4(9)10)6-1-2(7)8/h1H2,(H2,5,6)(H,7,8)(H,9,10). The van der Waals surface area contributed by atoms with Gasteiger partial charge < -0.3 is 15.5 Å². The van der Waals surface area contributed by atoms with E-state index in [1.807, 2.05) is 5.32 Å². The summed E-state index contributed by atoms with van der Waals surface area (Å²) in [6.07, 6.45) is 0. The van der Waals surface area contributed by atoms with Gasteiger partial charge in [-0.25, -0.2) is 4.79 Å². The number of hydrogen-bond acceptors (Lipinski definition) is 3. The third-order valence-corrected chi connectivity index (χ3v) is 0.630. The van der Waals surface area contributed by atoms with Gasteiger partial charge in [0.25, 0.3) is 0 Å². The third-order valence-electron chi connectivity index (χ3n) is 0.630. The molecule has 0 fully saturated rings. The average Bonchev–Trinajstić information content (AvgIpc) is 1.82. The van der Waals surface area contributed by atoms with Crippen LogP contribution in [0.3, 0.4) is 0 Å². The Morgan fingerprint density at radius 2 is 1.90 bits per heavy atom. The maximum absolute atomic E-state index is 9.83. The Hall–Kier alpha value is -1.59. The maximum atomic E-state index is 9.83. The molecule has 0 aliphatic carbocycles. The van der Waals surface area contributed by atoms with Crippen molar-refractivity contribution < 1.29 is 19.8 Å². The predicted molar refractivity (Wildman–Crippen MR) is 31.0 cm³/mol. The van der Waals surface area contributed by atoms with E-state index >= 15 is 0 Å². The van der Waals surface area contributed by atoms with Crippen molar-refractivity contribution in [1.29, 1.82) is 5.41 Å². The van der Waals surface area contributed by atoms with Gasteiger partial charge in [0.2, 0.25) is 5.84 Å². The summed E-state index contributed by atoms with van der Waals surface area (Å²) in [6, 6.07) is 0. The molecule has 0 spiro atoms. The highest BCUT2D eigenvalue weighted by molar-refractivity contribution is 6.33. The first-order valence-corrected chi connectivity index (χ1v) is 2.31. The molecule has 0 aliphatic rings. The second kappa shape index (κ2) is 3.44. The van der Waals surface area contributed by atoms with Crippen LogP contribution in [-0.4, -0.2) is 34.5 Å². The van der Waals surface area contributed by atoms with Crippen molar-refractivity contribution in [3.8, 4) is 0 Å². The van der Waals surface area contributed by atoms with E-state index in [0.29, 0.717) is 0 Å². The Balaban J connectivity index is 3.60. The number of carboxylic acids is 2. The molecule has 0 aromatic rings. The number of rotatable bonds is 2. The van der Waals surface area contributed by atoms with Crippen molar-refractivity contribution >= 4 is 17.8 Å². The Labute approximate surface area is 56.0 Å². The number of amidine groups is 1. The highest BCUT2D eigenvalue weighted by atomic mass is 16.4. The molecule has 0 aliphatic heterocycles. The van der Waals surface area contributed by atoms with Crippen molar-refractivity contribution in [2.75, 3.05) is 6.54 Å². The summed E-state index contributed by atoms with van der Waals surface area (Å²) in [7, 11) is 0. The van der Waals surface area contributed by atoms with Crippen LogP contribution in [0.25, 0.3) is 0 Å². The van der Waals surface area contributed by atoms with Gasteiger partial charge >= 0.3 is 11.9 Å². The van der Waals surface area contributed by atoms with Crippen LogP contribution in [0, 0.1) is 5.41 Å². The molecule has 6 heteroatoms. The summed E-state index contributed by atoms with van der Waals surface area (Å²) in [5.41, 5.74) is 0. The number of hydrogen-bond donors (Lipinski definition) is 4. The molecule has 56 valence electrons. The number of carboxylic acid groups (broad SMARTS) is 2. The fourth-order valence-corrected chi connectivity index (χ4v) is 0.240. The van der Waals surface area contributed by atoms with Crippen LogP contribution >= 0.6 is 0 Å². The third kappa shape index (κ3) is 3.42. The molecule has 0 aromatic heterocycles. The first-order valence-electron chi connectivity index (χ1n) is 2.31. The summed E-state index contributed by atoms with van der Waals surface area (Å²) >= 11 is 0. The van der Waals surface area contributed by atoms with Gasteiger partial charge in [-0.1, -0.05) is 0 Å². The molecule has 0 saturated heterocycles. The molecule has 4 N–H and O–H groups in total. The molecule has 10 heavy (non-hydrogen) atoms. The van der Waals surface area contributed by atoms with Gasteiger partial charge in [-0.15, -0.1) is 0 Å². The van der Waals surface area contributed by atoms with Crippen LogP contribution in [0.5, 0.6) is 0 Å². The van der Waals surface area contributed by atoms with E-state index in [1.165, 1.54) is 0 Å². The summed E-state index contributed by atoms with van der Waals surface area (Å²) in [6.45, 7) is -0.550. The van der Waals surface area contributed by atoms with E-state index in [0.717, 1.165) is 0 Å². The van der Waals surface area contributed by atoms with Crippen LogP contribution < -0.4 is 5.32 Å². The van der Waals surface area contributed by atoms with Crippen LogP contribution in [0.1, 0.15) is 0 Å². The molecule has 0 radical (unpaired) electrons. The van der Waals surface area contributed by atoms with E-state index in [4.69, 9.17) is 15.6 Å². The summed E-state index contributed by atoms with van der Waals surface area (Å²) in [5.74, 6) is -3.49. The summed E-state index contributed by atoms with van der Waals surface area (Å²) in [5, 5.41) is 24.4. The van der Waals surface area contributed by atoms with Crippen molar-refractivity contribution in [1.82, 2.24) is 5.32 Å². The highest BCUT2D eigenvalue weighted by Crippen LogP contribution is 1.66. The lowest BCUT2D eigenvalue weighted by atomic mass is 10.5. The molecule has 0 unspecified atom stereocenters. The van der Waals surface area contributed by atoms with Gasteiger partial charge in [-0.3, -0.25) is 10.2 Å². The zero-order valence-electron chi connectivity index (χ0n) is 4.92. The topological polar surface area (TPSA) is 110 Å². The molecule has 0 aromatic carbocycles. The van der Waals surface area contributed by atoms with Crippen LogP contribution in [0.4, 0.5) is 0 Å². The monoisotopic (exact) mass is 146 g/mol. The second-order valence-electron chi connectivity index (χ2n) is 1.43. The molecular formula is C4H6N2O4. The molecular weight excluding hydrogens is 140 g/mol. The minimum absolute atomic E-state index is 0.550. The first kappa shape index (κ1) is 8.41. The van der Waals surface area contributed by atoms with Crippen molar-refractivity contribution in [3.63, 3.8) is 0 Å². The zero-order valence-corrected chi connectivity index (χ0v) is 4.92. The average molecular weight is 146 g/mol. The van der Waals surface area contributed by atoms with E-state index < -0.39 is 24.3 Å². The largest absolute Gasteiger partial charge is 0.480 e. The fraction of sp³-hybridized carbons (Fsp3) is 0.250. The smallest absolute Gasteiger partial charge is 0.370 e. The van der Waals surface area contributed by atoms with Gasteiger partial charge in [-0.05, 0) is 0 Å². The van der Waals surface area contributed by atoms with E-state index in [1.54, 1.807) is 0 Å². The molecule has 0 bridgehead atoms. The number of nitrogens with one attached hydrogen (secondary N) is 2. The molecule has 0 atom stereocenters. The predicted octanol–water partition coefficient (Wildman–Crippen LogP) is -1.28. The Morgan fingerprint density at radius 3 is 2.20 bits per heavy atom. The Morgan fingerprint density at radius 1 is 1.40 bits per heavy atom. The van der Waals surface area contributed by atoms with Crippen LogP contribution in [0.2, 0.25) is 0 Å². The van der Waals surface area contributed by atoms with Gasteiger partial charge in [0, 0.05) is 0 Å². The SMILES string of the molecule is N=C(NCC(=O)O)C(=O)O. The van der Waals surface area contributed by atoms with Gasteiger partial charge in [0.1, 0.15) is 6.54 Å². The van der Waals surface area contributed by atoms with Crippen molar-refractivity contribution in [2.24, 2.45) is 0 Å². The molecule has 0 saturated carbocycles. The van der Waals surface area contributed by atoms with Gasteiger partial charge in [0.05, 0.1) is 0 Å². The van der Waals surface area contributed by atoms with Gasteiger partial charge in [-0.2, -0.15) is 0 Å². The highest BCUT2D eigenvalue weighted by Gasteiger charge is 2.06. The quantitative estimate of drug-likeness (QED) is 0.286. The molecule has 0 amide bonds. The minimum Gasteiger partial charge on any atom is -0.480 e. The normalized spacial score (nSPS) is 8.40. The van der Waals surface area contributed by atoms with Crippen molar-refractivity contribution in [3.05, 3.63) is 0 Å². The minimum atomic E-state index is -1.47. The lowest BCUT2D eigenvalue weighted by Crippen LogP contribution is -2.33. The van der Waals surface area contributed by atoms with Crippen LogP contribution in [-0.2, 0) is 9.59 Å². The first-order chi connectivity index (χ1) is 4.54. The summed E-state index contributed by atoms with van der Waals surface area (Å²) < 4.78 is 0. The van der Waals surface area contributed by atoms with Gasteiger partial charge in [0.15, 0.2) is 0 Å². The Bertz CT molecular complexity index is 176. The van der Waals surface area contributed by atoms with Crippen LogP contribution in [0.15, 0.2) is 0 Å². The number of aliphatic carboxylic acids is 2. The molecule has 0 heterocycles. The van der Waals surface area contributed by atoms with E-state index in [2.05, 4.69) is 0 Å². The zero-order chi connectivity index (χ0) is 8.15. The van der Waals surface area contributed by atoms with E-state index in [-0.39, 0.29) is 0 Å². The fourth-order valence-electron chi connectivity index (χ4n) is 0.240. The Kier molecular flexibility index (Phi) is 2.89. The van der Waals surface area contributed by atoms with E-state index in [9.17, 15) is 9.59 Å². The van der Waals surface area contributed by atoms with Crippen molar-refractivity contribution in [2.45, 2.75) is 0 Å². The number of carbonyl (C=O) groups is 2. The lowest BCUT2D eigenvalue weighted by molar-refractivity contribution is -0.135. The lowest BCUT2D eigenvalue weighted by Gasteiger charge is -1.97. The maximum Gasteiger partial charge on any atom is 0.370 e. The molecule has 6 nitrogen and oxygen atoms in total. The molecule has 0 rings (SSSR count). The summed E-state index contributed by atoms with van der Waals surface area (Å²) in [4.78, 5) is 19.6.